The Morgan fingerprint density at radius 3 is 2.55 bits per heavy atom. The molecular weight excluding hydrogens is 287 g/mol. The molecule has 0 aliphatic carbocycles. The Morgan fingerprint density at radius 2 is 1.90 bits per heavy atom. The summed E-state index contributed by atoms with van der Waals surface area (Å²) in [4.78, 5) is 0.774. The van der Waals surface area contributed by atoms with Crippen molar-refractivity contribution in [2.45, 2.75) is 19.1 Å². The van der Waals surface area contributed by atoms with Crippen molar-refractivity contribution in [1.29, 1.82) is 0 Å². The zero-order valence-electron chi connectivity index (χ0n) is 10.8. The number of hydrogen-bond donors (Lipinski definition) is 2. The largest absolute Gasteiger partial charge is 0.383 e. The van der Waals surface area contributed by atoms with Gasteiger partial charge >= 0.3 is 0 Å². The second-order valence-corrected chi connectivity index (χ2v) is 5.66. The van der Waals surface area contributed by atoms with Crippen molar-refractivity contribution in [2.24, 2.45) is 0 Å². The smallest absolute Gasteiger partial charge is 0.161 e. The van der Waals surface area contributed by atoms with Crippen molar-refractivity contribution in [3.8, 4) is 0 Å². The molecule has 1 atom stereocenters. The van der Waals surface area contributed by atoms with Crippen LogP contribution in [0.1, 0.15) is 17.4 Å². The van der Waals surface area contributed by atoms with Crippen LogP contribution in [-0.2, 0) is 12.1 Å². The van der Waals surface area contributed by atoms with Crippen LogP contribution in [0.3, 0.4) is 0 Å². The molecule has 2 rings (SSSR count). The van der Waals surface area contributed by atoms with E-state index < -0.39 is 23.1 Å². The number of rotatable bonds is 5. The average molecular weight is 301 g/mol. The molecule has 0 saturated carbocycles. The molecule has 0 radical (unpaired) electrons. The Kier molecular flexibility index (Phi) is 4.47. The number of nitrogens with one attached hydrogen (secondary N) is 1. The Morgan fingerprint density at radius 1 is 1.20 bits per heavy atom. The maximum atomic E-state index is 13.4. The van der Waals surface area contributed by atoms with Gasteiger partial charge in [-0.2, -0.15) is 0 Å². The van der Waals surface area contributed by atoms with E-state index in [2.05, 4.69) is 5.32 Å². The van der Waals surface area contributed by atoms with Crippen molar-refractivity contribution in [2.75, 3.05) is 6.54 Å². The molecule has 0 amide bonds. The summed E-state index contributed by atoms with van der Waals surface area (Å²) in [6, 6.07) is 4.95. The van der Waals surface area contributed by atoms with Gasteiger partial charge in [0.25, 0.3) is 0 Å². The van der Waals surface area contributed by atoms with Gasteiger partial charge in [-0.05, 0) is 24.4 Å². The van der Waals surface area contributed by atoms with Gasteiger partial charge in [0.15, 0.2) is 11.6 Å². The molecule has 2 aromatic rings. The molecular formula is C14H14F3NOS. The van der Waals surface area contributed by atoms with E-state index in [0.717, 1.165) is 10.9 Å². The van der Waals surface area contributed by atoms with Crippen molar-refractivity contribution in [3.05, 3.63) is 57.5 Å². The van der Waals surface area contributed by atoms with Gasteiger partial charge < -0.3 is 10.4 Å². The summed E-state index contributed by atoms with van der Waals surface area (Å²) in [6.45, 7) is 1.81. The third-order valence-corrected chi connectivity index (χ3v) is 4.05. The van der Waals surface area contributed by atoms with Crippen molar-refractivity contribution >= 4 is 11.3 Å². The van der Waals surface area contributed by atoms with E-state index in [1.807, 2.05) is 11.4 Å². The van der Waals surface area contributed by atoms with E-state index in [1.54, 1.807) is 13.0 Å². The maximum absolute atomic E-state index is 13.4. The highest BCUT2D eigenvalue weighted by molar-refractivity contribution is 7.10. The van der Waals surface area contributed by atoms with Crippen molar-refractivity contribution in [1.82, 2.24) is 5.32 Å². The zero-order chi connectivity index (χ0) is 14.8. The maximum Gasteiger partial charge on any atom is 0.161 e. The molecule has 1 unspecified atom stereocenters. The molecule has 20 heavy (non-hydrogen) atoms. The summed E-state index contributed by atoms with van der Waals surface area (Å²) in [6.07, 6.45) is 0. The third kappa shape index (κ3) is 3.39. The quantitative estimate of drug-likeness (QED) is 0.832. The number of halogens is 3. The molecule has 2 nitrogen and oxygen atoms in total. The summed E-state index contributed by atoms with van der Waals surface area (Å²) in [5, 5.41) is 14.9. The summed E-state index contributed by atoms with van der Waals surface area (Å²) >= 11 is 1.41. The molecule has 1 heterocycles. The average Bonchev–Trinajstić information content (AvgIpc) is 2.90. The minimum atomic E-state index is -1.21. The van der Waals surface area contributed by atoms with Gasteiger partial charge in [-0.1, -0.05) is 6.07 Å². The molecule has 2 N–H and O–H groups in total. The van der Waals surface area contributed by atoms with Crippen LogP contribution in [0.25, 0.3) is 0 Å². The standard InChI is InChI=1S/C14H14F3NOS/c1-14(19,13-3-2-4-20-13)8-18-7-9-5-11(16)12(17)6-10(9)15/h2-6,18-19H,7-8H2,1H3. The molecule has 1 aromatic carbocycles. The van der Waals surface area contributed by atoms with E-state index >= 15 is 0 Å². The first kappa shape index (κ1) is 15.0. The summed E-state index contributed by atoms with van der Waals surface area (Å²) in [7, 11) is 0. The first-order valence-corrected chi connectivity index (χ1v) is 6.88. The molecule has 108 valence electrons. The molecule has 0 fully saturated rings. The lowest BCUT2D eigenvalue weighted by atomic mass is 10.1. The SMILES string of the molecule is CC(O)(CNCc1cc(F)c(F)cc1F)c1cccs1. The number of thiophene rings is 1. The highest BCUT2D eigenvalue weighted by Crippen LogP contribution is 2.24. The van der Waals surface area contributed by atoms with Crippen LogP contribution in [0, 0.1) is 17.5 Å². The molecule has 0 aliphatic heterocycles. The van der Waals surface area contributed by atoms with Crippen molar-refractivity contribution in [3.63, 3.8) is 0 Å². The lowest BCUT2D eigenvalue weighted by Crippen LogP contribution is -2.34. The molecule has 1 aromatic heterocycles. The van der Waals surface area contributed by atoms with Gasteiger partial charge in [0, 0.05) is 29.6 Å². The number of benzene rings is 1. The van der Waals surface area contributed by atoms with Crippen LogP contribution in [0.4, 0.5) is 13.2 Å². The molecule has 0 bridgehead atoms. The van der Waals surface area contributed by atoms with E-state index in [0.29, 0.717) is 6.07 Å². The first-order chi connectivity index (χ1) is 9.40. The van der Waals surface area contributed by atoms with Gasteiger partial charge in [-0.25, -0.2) is 13.2 Å². The van der Waals surface area contributed by atoms with E-state index in [1.165, 1.54) is 11.3 Å². The van der Waals surface area contributed by atoms with Gasteiger partial charge in [0.1, 0.15) is 11.4 Å². The van der Waals surface area contributed by atoms with Crippen LogP contribution in [0.5, 0.6) is 0 Å². The number of hydrogen-bond acceptors (Lipinski definition) is 3. The van der Waals surface area contributed by atoms with E-state index in [4.69, 9.17) is 0 Å². The lowest BCUT2D eigenvalue weighted by molar-refractivity contribution is 0.0603. The Bertz CT molecular complexity index is 584. The summed E-state index contributed by atoms with van der Waals surface area (Å²) < 4.78 is 39.2. The number of aliphatic hydroxyl groups is 1. The van der Waals surface area contributed by atoms with Gasteiger partial charge in [0.2, 0.25) is 0 Å². The second-order valence-electron chi connectivity index (χ2n) is 4.71. The van der Waals surface area contributed by atoms with Crippen LogP contribution in [0.15, 0.2) is 29.6 Å². The predicted molar refractivity (Wildman–Crippen MR) is 71.9 cm³/mol. The fourth-order valence-electron chi connectivity index (χ4n) is 1.81. The Labute approximate surface area is 118 Å². The molecule has 0 saturated heterocycles. The Balaban J connectivity index is 1.98. The van der Waals surface area contributed by atoms with Crippen LogP contribution in [0.2, 0.25) is 0 Å². The minimum Gasteiger partial charge on any atom is -0.383 e. The highest BCUT2D eigenvalue weighted by atomic mass is 32.1. The first-order valence-electron chi connectivity index (χ1n) is 6.00. The Hall–Kier alpha value is -1.37. The molecule has 0 aliphatic rings. The van der Waals surface area contributed by atoms with E-state index in [9.17, 15) is 18.3 Å². The topological polar surface area (TPSA) is 32.3 Å². The van der Waals surface area contributed by atoms with Crippen LogP contribution < -0.4 is 5.32 Å². The van der Waals surface area contributed by atoms with Crippen molar-refractivity contribution < 1.29 is 18.3 Å². The monoisotopic (exact) mass is 301 g/mol. The lowest BCUT2D eigenvalue weighted by Gasteiger charge is -2.22. The predicted octanol–water partition coefficient (Wildman–Crippen LogP) is 3.16. The van der Waals surface area contributed by atoms with E-state index in [-0.39, 0.29) is 18.7 Å². The summed E-state index contributed by atoms with van der Waals surface area (Å²) in [5.74, 6) is -3.11. The molecule has 0 spiro atoms. The van der Waals surface area contributed by atoms with Crippen LogP contribution in [-0.4, -0.2) is 11.7 Å². The fraction of sp³-hybridized carbons (Fsp3) is 0.286. The fourth-order valence-corrected chi connectivity index (χ4v) is 2.60. The third-order valence-electron chi connectivity index (χ3n) is 2.93. The van der Waals surface area contributed by atoms with Gasteiger partial charge in [-0.15, -0.1) is 11.3 Å². The molecule has 6 heteroatoms. The normalized spacial score (nSPS) is 14.2. The van der Waals surface area contributed by atoms with Crippen LogP contribution >= 0.6 is 11.3 Å². The van der Waals surface area contributed by atoms with Gasteiger partial charge in [0.05, 0.1) is 0 Å². The minimum absolute atomic E-state index is 0.00452. The van der Waals surface area contributed by atoms with Gasteiger partial charge in [-0.3, -0.25) is 0 Å². The second kappa shape index (κ2) is 5.95. The zero-order valence-corrected chi connectivity index (χ0v) is 11.6. The summed E-state index contributed by atoms with van der Waals surface area (Å²) in [5.41, 5.74) is -1.07. The highest BCUT2D eigenvalue weighted by Gasteiger charge is 2.23.